The summed E-state index contributed by atoms with van der Waals surface area (Å²) in [5.74, 6) is 0.210. The maximum atomic E-state index is 10.9. The average Bonchev–Trinajstić information content (AvgIpc) is 2.16. The first-order valence-corrected chi connectivity index (χ1v) is 6.98. The monoisotopic (exact) mass is 232 g/mol. The van der Waals surface area contributed by atoms with Gasteiger partial charge in [-0.1, -0.05) is 0 Å². The number of nitrogens with zero attached hydrogens (tertiary/aromatic N) is 2. The van der Waals surface area contributed by atoms with Crippen LogP contribution in [-0.2, 0) is 14.6 Å². The van der Waals surface area contributed by atoms with Crippen LogP contribution in [0, 0.1) is 11.3 Å². The lowest BCUT2D eigenvalue weighted by Crippen LogP contribution is -2.42. The van der Waals surface area contributed by atoms with Gasteiger partial charge in [0.25, 0.3) is 0 Å². The molecule has 0 bridgehead atoms. The summed E-state index contributed by atoms with van der Waals surface area (Å²) in [6, 6.07) is 2.06. The van der Waals surface area contributed by atoms with Crippen molar-refractivity contribution >= 4 is 9.84 Å². The molecule has 86 valence electrons. The molecule has 0 aromatic rings. The standard InChI is InChI=1S/C9H16N2O3S/c1-15(12,13)6-2-3-11-4-5-14-9(7-10)8-11/h9H,2-6,8H2,1H3. The van der Waals surface area contributed by atoms with Crippen molar-refractivity contribution in [3.8, 4) is 6.07 Å². The molecule has 0 aromatic carbocycles. The van der Waals surface area contributed by atoms with E-state index in [1.807, 2.05) is 0 Å². The highest BCUT2D eigenvalue weighted by atomic mass is 32.2. The van der Waals surface area contributed by atoms with E-state index in [0.717, 1.165) is 6.54 Å². The van der Waals surface area contributed by atoms with E-state index in [4.69, 9.17) is 10.00 Å². The van der Waals surface area contributed by atoms with Crippen LogP contribution in [0.3, 0.4) is 0 Å². The van der Waals surface area contributed by atoms with Crippen molar-refractivity contribution in [1.29, 1.82) is 5.26 Å². The molecule has 1 fully saturated rings. The number of nitriles is 1. The molecule has 1 unspecified atom stereocenters. The van der Waals surface area contributed by atoms with Gasteiger partial charge in [-0.2, -0.15) is 5.26 Å². The zero-order chi connectivity index (χ0) is 11.3. The van der Waals surface area contributed by atoms with E-state index in [2.05, 4.69) is 11.0 Å². The lowest BCUT2D eigenvalue weighted by Gasteiger charge is -2.29. The second-order valence-electron chi connectivity index (χ2n) is 3.77. The van der Waals surface area contributed by atoms with Crippen molar-refractivity contribution in [1.82, 2.24) is 4.90 Å². The minimum Gasteiger partial charge on any atom is -0.361 e. The summed E-state index contributed by atoms with van der Waals surface area (Å²) >= 11 is 0. The van der Waals surface area contributed by atoms with Crippen molar-refractivity contribution < 1.29 is 13.2 Å². The van der Waals surface area contributed by atoms with Gasteiger partial charge in [0.05, 0.1) is 18.4 Å². The second-order valence-corrected chi connectivity index (χ2v) is 6.03. The Labute approximate surface area is 90.5 Å². The van der Waals surface area contributed by atoms with E-state index < -0.39 is 9.84 Å². The fraction of sp³-hybridized carbons (Fsp3) is 0.889. The van der Waals surface area contributed by atoms with Crippen LogP contribution in [0.15, 0.2) is 0 Å². The van der Waals surface area contributed by atoms with Gasteiger partial charge in [0.2, 0.25) is 0 Å². The van der Waals surface area contributed by atoms with Crippen LogP contribution in [0.5, 0.6) is 0 Å². The Balaban J connectivity index is 2.25. The average molecular weight is 232 g/mol. The molecule has 5 nitrogen and oxygen atoms in total. The Hall–Kier alpha value is -0.640. The smallest absolute Gasteiger partial charge is 0.156 e. The van der Waals surface area contributed by atoms with Crippen LogP contribution in [0.2, 0.25) is 0 Å². The van der Waals surface area contributed by atoms with E-state index in [-0.39, 0.29) is 11.9 Å². The van der Waals surface area contributed by atoms with E-state index >= 15 is 0 Å². The molecular weight excluding hydrogens is 216 g/mol. The molecule has 0 aromatic heterocycles. The van der Waals surface area contributed by atoms with E-state index in [9.17, 15) is 8.42 Å². The number of morpholine rings is 1. The van der Waals surface area contributed by atoms with Gasteiger partial charge in [0.1, 0.15) is 9.84 Å². The molecule has 1 atom stereocenters. The molecule has 0 amide bonds. The van der Waals surface area contributed by atoms with Crippen molar-refractivity contribution in [2.75, 3.05) is 38.2 Å². The third-order valence-corrected chi connectivity index (χ3v) is 3.31. The van der Waals surface area contributed by atoms with Gasteiger partial charge in [0, 0.05) is 19.3 Å². The first-order valence-electron chi connectivity index (χ1n) is 4.92. The van der Waals surface area contributed by atoms with Crippen LogP contribution in [0.1, 0.15) is 6.42 Å². The van der Waals surface area contributed by atoms with E-state index in [0.29, 0.717) is 26.1 Å². The van der Waals surface area contributed by atoms with Gasteiger partial charge >= 0.3 is 0 Å². The highest BCUT2D eigenvalue weighted by Crippen LogP contribution is 2.05. The summed E-state index contributed by atoms with van der Waals surface area (Å²) in [4.78, 5) is 2.07. The zero-order valence-electron chi connectivity index (χ0n) is 8.85. The van der Waals surface area contributed by atoms with Crippen molar-refractivity contribution in [2.24, 2.45) is 0 Å². The van der Waals surface area contributed by atoms with Crippen molar-refractivity contribution in [3.05, 3.63) is 0 Å². The molecule has 1 aliphatic heterocycles. The molecule has 6 heteroatoms. The lowest BCUT2D eigenvalue weighted by atomic mass is 10.3. The minimum atomic E-state index is -2.87. The topological polar surface area (TPSA) is 70.4 Å². The highest BCUT2D eigenvalue weighted by Gasteiger charge is 2.19. The predicted octanol–water partition coefficient (Wildman–Crippen LogP) is -0.355. The number of rotatable bonds is 4. The molecule has 1 aliphatic rings. The molecule has 1 saturated heterocycles. The van der Waals surface area contributed by atoms with Gasteiger partial charge in [-0.3, -0.25) is 4.90 Å². The molecule has 0 radical (unpaired) electrons. The summed E-state index contributed by atoms with van der Waals surface area (Å²) in [7, 11) is -2.87. The second kappa shape index (κ2) is 5.45. The fourth-order valence-electron chi connectivity index (χ4n) is 1.53. The third kappa shape index (κ3) is 5.11. The van der Waals surface area contributed by atoms with E-state index in [1.54, 1.807) is 0 Å². The largest absolute Gasteiger partial charge is 0.361 e. The lowest BCUT2D eigenvalue weighted by molar-refractivity contribution is 0.000771. The SMILES string of the molecule is CS(=O)(=O)CCCN1CCOC(C#N)C1. The fourth-order valence-corrected chi connectivity index (χ4v) is 2.19. The molecule has 0 aliphatic carbocycles. The first kappa shape index (κ1) is 12.4. The molecule has 1 heterocycles. The quantitative estimate of drug-likeness (QED) is 0.662. The van der Waals surface area contributed by atoms with E-state index in [1.165, 1.54) is 6.26 Å². The van der Waals surface area contributed by atoms with Gasteiger partial charge in [-0.25, -0.2) is 8.42 Å². The zero-order valence-corrected chi connectivity index (χ0v) is 9.66. The van der Waals surface area contributed by atoms with Crippen molar-refractivity contribution in [2.45, 2.75) is 12.5 Å². The van der Waals surface area contributed by atoms with Crippen molar-refractivity contribution in [3.63, 3.8) is 0 Å². The van der Waals surface area contributed by atoms with Crippen LogP contribution in [0.25, 0.3) is 0 Å². The summed E-state index contributed by atoms with van der Waals surface area (Å²) in [5.41, 5.74) is 0. The van der Waals surface area contributed by atoms with Crippen LogP contribution >= 0.6 is 0 Å². The van der Waals surface area contributed by atoms with Gasteiger partial charge in [0.15, 0.2) is 6.10 Å². The van der Waals surface area contributed by atoms with Crippen LogP contribution < -0.4 is 0 Å². The summed E-state index contributed by atoms with van der Waals surface area (Å²) in [6.45, 7) is 2.63. The van der Waals surface area contributed by atoms with Crippen LogP contribution in [0.4, 0.5) is 0 Å². The molecular formula is C9H16N2O3S. The summed E-state index contributed by atoms with van der Waals surface area (Å²) in [6.07, 6.45) is 1.50. The number of sulfone groups is 1. The molecule has 0 saturated carbocycles. The Morgan fingerprint density at radius 2 is 2.33 bits per heavy atom. The molecule has 1 rings (SSSR count). The number of hydrogen-bond acceptors (Lipinski definition) is 5. The molecule has 0 N–H and O–H groups in total. The number of hydrogen-bond donors (Lipinski definition) is 0. The number of ether oxygens (including phenoxy) is 1. The Bertz CT molecular complexity index is 334. The molecule has 0 spiro atoms. The predicted molar refractivity (Wildman–Crippen MR) is 56.1 cm³/mol. The summed E-state index contributed by atoms with van der Waals surface area (Å²) < 4.78 is 27.0. The Morgan fingerprint density at radius 3 is 2.93 bits per heavy atom. The molecule has 15 heavy (non-hydrogen) atoms. The minimum absolute atomic E-state index is 0.210. The van der Waals surface area contributed by atoms with Gasteiger partial charge in [-0.15, -0.1) is 0 Å². The van der Waals surface area contributed by atoms with Crippen LogP contribution in [-0.4, -0.2) is 57.7 Å². The van der Waals surface area contributed by atoms with Gasteiger partial charge < -0.3 is 4.74 Å². The third-order valence-electron chi connectivity index (χ3n) is 2.28. The maximum Gasteiger partial charge on any atom is 0.156 e. The summed E-state index contributed by atoms with van der Waals surface area (Å²) in [5, 5.41) is 8.67. The highest BCUT2D eigenvalue weighted by molar-refractivity contribution is 7.90. The maximum absolute atomic E-state index is 10.9. The Morgan fingerprint density at radius 1 is 1.60 bits per heavy atom. The Kier molecular flexibility index (Phi) is 4.51. The van der Waals surface area contributed by atoms with Gasteiger partial charge in [-0.05, 0) is 13.0 Å². The first-order chi connectivity index (χ1) is 7.01. The normalized spacial score (nSPS) is 23.6.